The Bertz CT molecular complexity index is 2400. The molecule has 6 aromatic carbocycles. The van der Waals surface area contributed by atoms with Crippen molar-refractivity contribution in [1.82, 2.24) is 0 Å². The Morgan fingerprint density at radius 2 is 1.22 bits per heavy atom. The lowest BCUT2D eigenvalue weighted by Crippen LogP contribution is -2.32. The fraction of sp³-hybridized carbons (Fsp3) is 0.0769. The number of fused-ring (bicyclic) bond motifs is 2. The van der Waals surface area contributed by atoms with E-state index in [-0.39, 0.29) is 5.41 Å². The van der Waals surface area contributed by atoms with Crippen molar-refractivity contribution < 1.29 is 0 Å². The third-order valence-electron chi connectivity index (χ3n) is 10.3. The maximum atomic E-state index is 4.12. The quantitative estimate of drug-likeness (QED) is 0.124. The molecule has 7 rings (SSSR count). The summed E-state index contributed by atoms with van der Waals surface area (Å²) in [7, 11) is 0. The standard InChI is InChI=1S/C52H46N2/c1-7-16-40-30-32-47(36-39(40)9-3)53(46-18-12-11-13-19-46)35-34-38-22-24-41(25-23-38)42-26-28-43(29-27-42)44-31-33-51-49(37-44)52(5,6)48-20-14-15-21-50(48)54(51)45(10-4)17-8-2/h7-37H,2-4H2,1,5-6H3/b16-7-,35-34+,45-17+. The van der Waals surface area contributed by atoms with Gasteiger partial charge in [0.15, 0.2) is 0 Å². The summed E-state index contributed by atoms with van der Waals surface area (Å²) in [6, 6.07) is 50.1. The molecule has 264 valence electrons. The lowest BCUT2D eigenvalue weighted by Gasteiger charge is -2.42. The van der Waals surface area contributed by atoms with Crippen LogP contribution >= 0.6 is 0 Å². The van der Waals surface area contributed by atoms with E-state index in [1.165, 1.54) is 39.1 Å². The molecule has 0 unspecified atom stereocenters. The Kier molecular flexibility index (Phi) is 10.3. The maximum absolute atomic E-state index is 4.12. The summed E-state index contributed by atoms with van der Waals surface area (Å²) in [4.78, 5) is 4.52. The summed E-state index contributed by atoms with van der Waals surface area (Å²) < 4.78 is 0. The summed E-state index contributed by atoms with van der Waals surface area (Å²) >= 11 is 0. The topological polar surface area (TPSA) is 6.48 Å². The molecule has 0 saturated carbocycles. The summed E-state index contributed by atoms with van der Waals surface area (Å²) in [5.74, 6) is 0. The molecule has 0 spiro atoms. The van der Waals surface area contributed by atoms with Gasteiger partial charge in [0, 0.05) is 28.7 Å². The fourth-order valence-corrected chi connectivity index (χ4v) is 7.45. The number of nitrogens with zero attached hydrogens (tertiary/aromatic N) is 2. The predicted octanol–water partition coefficient (Wildman–Crippen LogP) is 14.5. The number of anilines is 4. The van der Waals surface area contributed by atoms with Gasteiger partial charge in [-0.05, 0) is 118 Å². The van der Waals surface area contributed by atoms with Gasteiger partial charge in [-0.2, -0.15) is 0 Å². The molecule has 0 aromatic heterocycles. The number of rotatable bonds is 11. The first-order valence-corrected chi connectivity index (χ1v) is 18.5. The van der Waals surface area contributed by atoms with Gasteiger partial charge >= 0.3 is 0 Å². The van der Waals surface area contributed by atoms with Crippen molar-refractivity contribution in [2.45, 2.75) is 26.2 Å². The highest BCUT2D eigenvalue weighted by molar-refractivity contribution is 5.85. The van der Waals surface area contributed by atoms with Crippen molar-refractivity contribution in [3.63, 3.8) is 0 Å². The molecular weight excluding hydrogens is 653 g/mol. The van der Waals surface area contributed by atoms with Crippen molar-refractivity contribution in [2.24, 2.45) is 0 Å². The van der Waals surface area contributed by atoms with Gasteiger partial charge in [-0.25, -0.2) is 0 Å². The van der Waals surface area contributed by atoms with Crippen molar-refractivity contribution in [2.75, 3.05) is 9.80 Å². The Morgan fingerprint density at radius 3 is 1.89 bits per heavy atom. The van der Waals surface area contributed by atoms with Gasteiger partial charge in [0.05, 0.1) is 11.4 Å². The van der Waals surface area contributed by atoms with Gasteiger partial charge in [-0.15, -0.1) is 0 Å². The molecule has 0 radical (unpaired) electrons. The highest BCUT2D eigenvalue weighted by atomic mass is 15.2. The van der Waals surface area contributed by atoms with Crippen LogP contribution in [0.1, 0.15) is 48.6 Å². The van der Waals surface area contributed by atoms with Gasteiger partial charge in [-0.1, -0.05) is 155 Å². The van der Waals surface area contributed by atoms with E-state index >= 15 is 0 Å². The van der Waals surface area contributed by atoms with E-state index in [9.17, 15) is 0 Å². The monoisotopic (exact) mass is 698 g/mol. The van der Waals surface area contributed by atoms with Gasteiger partial charge in [-0.3, -0.25) is 0 Å². The average molecular weight is 699 g/mol. The highest BCUT2D eigenvalue weighted by Crippen LogP contribution is 2.51. The zero-order valence-electron chi connectivity index (χ0n) is 31.4. The van der Waals surface area contributed by atoms with E-state index in [1.54, 1.807) is 0 Å². The summed E-state index contributed by atoms with van der Waals surface area (Å²) in [6.07, 6.45) is 16.1. The predicted molar refractivity (Wildman–Crippen MR) is 235 cm³/mol. The minimum atomic E-state index is -0.182. The van der Waals surface area contributed by atoms with Gasteiger partial charge < -0.3 is 9.80 Å². The molecule has 1 aliphatic rings. The van der Waals surface area contributed by atoms with E-state index in [2.05, 4.69) is 201 Å². The van der Waals surface area contributed by atoms with Crippen LogP contribution in [0.15, 0.2) is 195 Å². The van der Waals surface area contributed by atoms with Crippen molar-refractivity contribution in [3.8, 4) is 22.3 Å². The van der Waals surface area contributed by atoms with Crippen LogP contribution in [0.3, 0.4) is 0 Å². The minimum Gasteiger partial charge on any atom is -0.317 e. The zero-order valence-corrected chi connectivity index (χ0v) is 31.4. The van der Waals surface area contributed by atoms with Crippen LogP contribution in [0, 0.1) is 0 Å². The van der Waals surface area contributed by atoms with E-state index in [0.717, 1.165) is 39.4 Å². The Morgan fingerprint density at radius 1 is 0.593 bits per heavy atom. The molecule has 1 aliphatic heterocycles. The van der Waals surface area contributed by atoms with Crippen molar-refractivity contribution in [3.05, 3.63) is 223 Å². The lowest BCUT2D eigenvalue weighted by atomic mass is 9.73. The molecule has 0 saturated heterocycles. The third-order valence-corrected chi connectivity index (χ3v) is 10.3. The molecule has 1 heterocycles. The van der Waals surface area contributed by atoms with E-state index in [0.29, 0.717) is 0 Å². The summed E-state index contributed by atoms with van der Waals surface area (Å²) in [6.45, 7) is 18.8. The van der Waals surface area contributed by atoms with Crippen LogP contribution in [-0.2, 0) is 5.41 Å². The molecule has 54 heavy (non-hydrogen) atoms. The number of allylic oxidation sites excluding steroid dienone is 4. The fourth-order valence-electron chi connectivity index (χ4n) is 7.45. The summed E-state index contributed by atoms with van der Waals surface area (Å²) in [5.41, 5.74) is 16.0. The lowest BCUT2D eigenvalue weighted by molar-refractivity contribution is 0.630. The van der Waals surface area contributed by atoms with Crippen molar-refractivity contribution >= 4 is 41.0 Å². The molecule has 6 aromatic rings. The normalized spacial score (nSPS) is 13.4. The maximum Gasteiger partial charge on any atom is 0.0503 e. The first-order chi connectivity index (χ1) is 26.4. The van der Waals surface area contributed by atoms with Gasteiger partial charge in [0.25, 0.3) is 0 Å². The largest absolute Gasteiger partial charge is 0.317 e. The highest BCUT2D eigenvalue weighted by Gasteiger charge is 2.37. The first kappa shape index (κ1) is 35.7. The van der Waals surface area contributed by atoms with Crippen LogP contribution in [0.25, 0.3) is 40.5 Å². The van der Waals surface area contributed by atoms with E-state index < -0.39 is 0 Å². The Balaban J connectivity index is 1.14. The van der Waals surface area contributed by atoms with Gasteiger partial charge in [0.1, 0.15) is 0 Å². The molecule has 2 nitrogen and oxygen atoms in total. The zero-order chi connectivity index (χ0) is 37.7. The van der Waals surface area contributed by atoms with Crippen LogP contribution in [-0.4, -0.2) is 0 Å². The molecule has 0 fully saturated rings. The number of para-hydroxylation sites is 2. The van der Waals surface area contributed by atoms with E-state index in [4.69, 9.17) is 0 Å². The summed E-state index contributed by atoms with van der Waals surface area (Å²) in [5, 5.41) is 0. The average Bonchev–Trinajstić information content (AvgIpc) is 3.22. The smallest absolute Gasteiger partial charge is 0.0503 e. The number of hydrogen-bond donors (Lipinski definition) is 0. The minimum absolute atomic E-state index is 0.182. The van der Waals surface area contributed by atoms with Crippen LogP contribution < -0.4 is 9.80 Å². The first-order valence-electron chi connectivity index (χ1n) is 18.5. The Hall–Kier alpha value is -6.64. The molecule has 0 aliphatic carbocycles. The number of hydrogen-bond acceptors (Lipinski definition) is 2. The second-order valence-electron chi connectivity index (χ2n) is 14.0. The van der Waals surface area contributed by atoms with Crippen LogP contribution in [0.2, 0.25) is 0 Å². The third kappa shape index (κ3) is 6.95. The molecule has 0 atom stereocenters. The number of benzene rings is 6. The Labute approximate surface area is 321 Å². The second-order valence-corrected chi connectivity index (χ2v) is 14.0. The molecule has 0 bridgehead atoms. The molecule has 0 amide bonds. The molecular formula is C52H46N2. The SMILES string of the molecule is C=C/C=C(\C=C)N1c2ccccc2C(C)(C)c2cc(-c3ccc(-c4ccc(/C=C/N(c5ccccc5)c5ccc(/C=C\C)c(C=C)c5)cc4)cc3)ccc21. The van der Waals surface area contributed by atoms with Gasteiger partial charge in [0.2, 0.25) is 0 Å². The second kappa shape index (κ2) is 15.5. The van der Waals surface area contributed by atoms with E-state index in [1.807, 2.05) is 37.3 Å². The van der Waals surface area contributed by atoms with Crippen LogP contribution in [0.4, 0.5) is 22.7 Å². The van der Waals surface area contributed by atoms with Crippen molar-refractivity contribution in [1.29, 1.82) is 0 Å². The molecule has 2 heteroatoms. The van der Waals surface area contributed by atoms with Crippen LogP contribution in [0.5, 0.6) is 0 Å². The molecule has 0 N–H and O–H groups in total.